The molecule has 1 aromatic heterocycles. The zero-order valence-electron chi connectivity index (χ0n) is 16.3. The van der Waals surface area contributed by atoms with Gasteiger partial charge in [-0.15, -0.1) is 11.3 Å². The van der Waals surface area contributed by atoms with E-state index < -0.39 is 0 Å². The number of anilines is 1. The van der Waals surface area contributed by atoms with Gasteiger partial charge in [-0.25, -0.2) is 4.39 Å². The van der Waals surface area contributed by atoms with Gasteiger partial charge in [0.1, 0.15) is 5.82 Å². The summed E-state index contributed by atoms with van der Waals surface area (Å²) in [4.78, 5) is 13.6. The predicted molar refractivity (Wildman–Crippen MR) is 114 cm³/mol. The topological polar surface area (TPSA) is 47.6 Å². The molecule has 29 heavy (non-hydrogen) atoms. The number of carbonyl (C=O) groups excluding carboxylic acids is 1. The molecule has 0 bridgehead atoms. The first kappa shape index (κ1) is 19.5. The molecule has 0 spiro atoms. The predicted octanol–water partition coefficient (Wildman–Crippen LogP) is 5.83. The van der Waals surface area contributed by atoms with Crippen LogP contribution in [0, 0.1) is 5.82 Å². The second kappa shape index (κ2) is 8.25. The first-order chi connectivity index (χ1) is 14.1. The molecule has 1 aliphatic heterocycles. The second-order valence-electron chi connectivity index (χ2n) is 6.77. The summed E-state index contributed by atoms with van der Waals surface area (Å²) in [7, 11) is 0. The van der Waals surface area contributed by atoms with Crippen LogP contribution in [0.5, 0.6) is 11.5 Å². The Morgan fingerprint density at radius 1 is 1.07 bits per heavy atom. The highest BCUT2D eigenvalue weighted by Gasteiger charge is 2.31. The Balaban J connectivity index is 1.75. The number of hydrogen-bond donors (Lipinski definition) is 1. The second-order valence-corrected chi connectivity index (χ2v) is 7.68. The first-order valence-electron chi connectivity index (χ1n) is 9.67. The summed E-state index contributed by atoms with van der Waals surface area (Å²) in [5.74, 6) is 1.02. The minimum atomic E-state index is -0.280. The lowest BCUT2D eigenvalue weighted by atomic mass is 9.89. The molecule has 1 atom stereocenters. The standard InChI is InChI=1S/C23H22FNO3S/c1-3-27-19-10-7-15(11-20(19)28-4-2)17-12-21(26)25-22-18(13-29-23(17)22)14-5-8-16(24)9-6-14/h5-11,13,17H,3-4,12H2,1-2H3,(H,25,26)/t17-/m0/s1. The van der Waals surface area contributed by atoms with Crippen LogP contribution < -0.4 is 14.8 Å². The zero-order valence-corrected chi connectivity index (χ0v) is 17.1. The first-order valence-corrected chi connectivity index (χ1v) is 10.5. The van der Waals surface area contributed by atoms with Gasteiger partial charge in [-0.2, -0.15) is 0 Å². The summed E-state index contributed by atoms with van der Waals surface area (Å²) in [6.07, 6.45) is 0.371. The van der Waals surface area contributed by atoms with Crippen LogP contribution in [0.1, 0.15) is 36.6 Å². The van der Waals surface area contributed by atoms with Crippen LogP contribution >= 0.6 is 11.3 Å². The third-order valence-corrected chi connectivity index (χ3v) is 6.01. The van der Waals surface area contributed by atoms with Gasteiger partial charge in [0.25, 0.3) is 0 Å². The van der Waals surface area contributed by atoms with Gasteiger partial charge in [-0.05, 0) is 49.2 Å². The Labute approximate surface area is 173 Å². The van der Waals surface area contributed by atoms with Crippen LogP contribution in [0.3, 0.4) is 0 Å². The largest absolute Gasteiger partial charge is 0.490 e. The number of rotatable bonds is 6. The quantitative estimate of drug-likeness (QED) is 0.555. The van der Waals surface area contributed by atoms with Crippen molar-refractivity contribution in [3.63, 3.8) is 0 Å². The number of thiophene rings is 1. The molecule has 4 rings (SSSR count). The number of ether oxygens (including phenoxy) is 2. The molecule has 4 nitrogen and oxygen atoms in total. The molecule has 3 aromatic rings. The molecule has 6 heteroatoms. The number of benzene rings is 2. The average Bonchev–Trinajstić information content (AvgIpc) is 3.13. The Morgan fingerprint density at radius 3 is 2.52 bits per heavy atom. The minimum absolute atomic E-state index is 0.0314. The van der Waals surface area contributed by atoms with E-state index in [9.17, 15) is 9.18 Å². The number of fused-ring (bicyclic) bond motifs is 1. The molecule has 0 radical (unpaired) electrons. The SMILES string of the molecule is CCOc1ccc([C@@H]2CC(=O)Nc3c(-c4ccc(F)cc4)csc32)cc1OCC. The summed E-state index contributed by atoms with van der Waals surface area (Å²) >= 11 is 1.61. The van der Waals surface area contributed by atoms with E-state index >= 15 is 0 Å². The maximum atomic E-state index is 13.3. The van der Waals surface area contributed by atoms with Crippen LogP contribution in [0.25, 0.3) is 11.1 Å². The van der Waals surface area contributed by atoms with E-state index in [-0.39, 0.29) is 17.6 Å². The molecule has 1 aliphatic rings. The van der Waals surface area contributed by atoms with E-state index in [2.05, 4.69) is 5.32 Å². The lowest BCUT2D eigenvalue weighted by Gasteiger charge is -2.24. The molecular formula is C23H22FNO3S. The summed E-state index contributed by atoms with van der Waals surface area (Å²) in [6, 6.07) is 12.2. The summed E-state index contributed by atoms with van der Waals surface area (Å²) < 4.78 is 24.7. The van der Waals surface area contributed by atoms with Gasteiger partial charge in [0, 0.05) is 28.2 Å². The highest BCUT2D eigenvalue weighted by atomic mass is 32.1. The van der Waals surface area contributed by atoms with Crippen molar-refractivity contribution in [2.75, 3.05) is 18.5 Å². The van der Waals surface area contributed by atoms with Gasteiger partial charge in [-0.1, -0.05) is 18.2 Å². The van der Waals surface area contributed by atoms with E-state index in [1.807, 2.05) is 37.4 Å². The fourth-order valence-electron chi connectivity index (χ4n) is 3.62. The Morgan fingerprint density at radius 2 is 1.79 bits per heavy atom. The summed E-state index contributed by atoms with van der Waals surface area (Å²) in [6.45, 7) is 4.96. The Bertz CT molecular complexity index is 1030. The van der Waals surface area contributed by atoms with Crippen LogP contribution in [0.2, 0.25) is 0 Å². The molecule has 0 saturated heterocycles. The molecule has 2 heterocycles. The molecule has 0 aliphatic carbocycles. The normalized spacial score (nSPS) is 15.6. The lowest BCUT2D eigenvalue weighted by Crippen LogP contribution is -2.22. The van der Waals surface area contributed by atoms with Crippen molar-refractivity contribution < 1.29 is 18.7 Å². The molecular weight excluding hydrogens is 389 g/mol. The molecule has 0 fully saturated rings. The average molecular weight is 411 g/mol. The van der Waals surface area contributed by atoms with E-state index in [1.165, 1.54) is 12.1 Å². The van der Waals surface area contributed by atoms with Gasteiger partial charge in [0.2, 0.25) is 5.91 Å². The number of amides is 1. The molecule has 0 unspecified atom stereocenters. The van der Waals surface area contributed by atoms with Gasteiger partial charge >= 0.3 is 0 Å². The monoisotopic (exact) mass is 411 g/mol. The van der Waals surface area contributed by atoms with E-state index in [4.69, 9.17) is 9.47 Å². The van der Waals surface area contributed by atoms with Crippen molar-refractivity contribution in [2.45, 2.75) is 26.2 Å². The van der Waals surface area contributed by atoms with Crippen molar-refractivity contribution in [3.8, 4) is 22.6 Å². The molecule has 1 amide bonds. The minimum Gasteiger partial charge on any atom is -0.490 e. The van der Waals surface area contributed by atoms with Crippen LogP contribution in [0.4, 0.5) is 10.1 Å². The third-order valence-electron chi connectivity index (χ3n) is 4.91. The van der Waals surface area contributed by atoms with Gasteiger partial charge < -0.3 is 14.8 Å². The van der Waals surface area contributed by atoms with Crippen molar-refractivity contribution in [2.24, 2.45) is 0 Å². The van der Waals surface area contributed by atoms with Crippen molar-refractivity contribution in [1.82, 2.24) is 0 Å². The fourth-order valence-corrected chi connectivity index (χ4v) is 4.78. The summed E-state index contributed by atoms with van der Waals surface area (Å²) in [5.41, 5.74) is 3.63. The summed E-state index contributed by atoms with van der Waals surface area (Å²) in [5, 5.41) is 5.04. The molecule has 1 N–H and O–H groups in total. The van der Waals surface area contributed by atoms with Gasteiger partial charge in [-0.3, -0.25) is 4.79 Å². The van der Waals surface area contributed by atoms with E-state index in [1.54, 1.807) is 23.5 Å². The molecule has 2 aromatic carbocycles. The maximum Gasteiger partial charge on any atom is 0.225 e. The number of nitrogens with one attached hydrogen (secondary N) is 1. The smallest absolute Gasteiger partial charge is 0.225 e. The van der Waals surface area contributed by atoms with Crippen LogP contribution in [-0.2, 0) is 4.79 Å². The van der Waals surface area contributed by atoms with Crippen LogP contribution in [0.15, 0.2) is 47.8 Å². The van der Waals surface area contributed by atoms with E-state index in [0.717, 1.165) is 27.3 Å². The highest BCUT2D eigenvalue weighted by Crippen LogP contribution is 2.47. The molecule has 150 valence electrons. The van der Waals surface area contributed by atoms with Crippen molar-refractivity contribution in [1.29, 1.82) is 0 Å². The lowest BCUT2D eigenvalue weighted by molar-refractivity contribution is -0.116. The number of hydrogen-bond acceptors (Lipinski definition) is 4. The van der Waals surface area contributed by atoms with E-state index in [0.29, 0.717) is 31.1 Å². The van der Waals surface area contributed by atoms with Gasteiger partial charge in [0.05, 0.1) is 18.9 Å². The Hall–Kier alpha value is -2.86. The van der Waals surface area contributed by atoms with Crippen molar-refractivity contribution >= 4 is 22.9 Å². The third kappa shape index (κ3) is 3.85. The van der Waals surface area contributed by atoms with Crippen LogP contribution in [-0.4, -0.2) is 19.1 Å². The maximum absolute atomic E-state index is 13.3. The zero-order chi connectivity index (χ0) is 20.4. The number of halogens is 1. The number of carbonyl (C=O) groups is 1. The fraction of sp³-hybridized carbons (Fsp3) is 0.261. The van der Waals surface area contributed by atoms with Gasteiger partial charge in [0.15, 0.2) is 11.5 Å². The Kier molecular flexibility index (Phi) is 5.53. The van der Waals surface area contributed by atoms with Crippen molar-refractivity contribution in [3.05, 3.63) is 64.1 Å². The highest BCUT2D eigenvalue weighted by molar-refractivity contribution is 7.11. The molecule has 0 saturated carbocycles.